The molecule has 10 nitrogen and oxygen atoms in total. The Morgan fingerprint density at radius 3 is 1.61 bits per heavy atom. The Labute approximate surface area is 324 Å². The maximum Gasteiger partial charge on any atom is 0.251 e. The number of methoxy groups -OCH3 is 2. The molecule has 0 saturated heterocycles. The quantitative estimate of drug-likeness (QED) is 0.0984. The molecule has 5 aromatic carbocycles. The molecule has 5 rings (SSSR count). The van der Waals surface area contributed by atoms with E-state index >= 15 is 0 Å². The van der Waals surface area contributed by atoms with Gasteiger partial charge in [-0.25, -0.2) is 17.6 Å². The molecule has 298 valence electrons. The number of halogens is 4. The van der Waals surface area contributed by atoms with Gasteiger partial charge in [-0.1, -0.05) is 13.0 Å². The van der Waals surface area contributed by atoms with Gasteiger partial charge in [-0.2, -0.15) is 0 Å². The number of hydrogen-bond donors (Lipinski definition) is 3. The first-order valence-electron chi connectivity index (χ1n) is 16.8. The minimum absolute atomic E-state index is 0.0559. The van der Waals surface area contributed by atoms with E-state index in [1.165, 1.54) is 48.2 Å². The van der Waals surface area contributed by atoms with Crippen molar-refractivity contribution in [2.75, 3.05) is 45.1 Å². The number of carbonyl (C=O) groups is 4. The van der Waals surface area contributed by atoms with Crippen LogP contribution in [0.4, 0.5) is 28.9 Å². The molecule has 0 saturated carbocycles. The van der Waals surface area contributed by atoms with Crippen LogP contribution in [0.15, 0.2) is 109 Å². The molecule has 0 radical (unpaired) electrons. The zero-order valence-electron chi connectivity index (χ0n) is 31.9. The number of aldehydes is 1. The largest absolute Gasteiger partial charge is 0.497 e. The fraction of sp³-hybridized carbons (Fsp3) is 0.190. The van der Waals surface area contributed by atoms with Crippen LogP contribution in [0, 0.1) is 30.2 Å². The third kappa shape index (κ3) is 19.4. The normalized spacial score (nSPS) is 9.39. The lowest BCUT2D eigenvalue weighted by atomic mass is 10.1. The maximum atomic E-state index is 12.4. The highest BCUT2D eigenvalue weighted by Gasteiger charge is 2.07. The molecule has 0 spiro atoms. The molecule has 0 atom stereocenters. The van der Waals surface area contributed by atoms with Gasteiger partial charge in [-0.3, -0.25) is 14.4 Å². The SMILES string of the molecule is CCc1cc(F)cc(F)c1.COc1ccc(N(C)C)cc1.COc1ccc(NC=O)cc1.Cc1cc(F)cc(F)c1.NC(=O)c1cccc(C(=O)NCC=O)c1. The minimum atomic E-state index is -0.597. The molecule has 5 aromatic rings. The van der Waals surface area contributed by atoms with Crippen molar-refractivity contribution in [1.82, 2.24) is 5.32 Å². The number of primary amides is 1. The molecule has 0 fully saturated rings. The monoisotopic (exact) mass is 778 g/mol. The smallest absolute Gasteiger partial charge is 0.251 e. The van der Waals surface area contributed by atoms with E-state index in [1.54, 1.807) is 51.5 Å². The van der Waals surface area contributed by atoms with E-state index in [2.05, 4.69) is 15.5 Å². The standard InChI is InChI=1S/C10H10N2O3.C9H13NO.C8H8F2.C8H9NO2.C7H6F2/c11-9(14)7-2-1-3-8(6-7)10(15)12-4-5-13;1-10(2)8-4-6-9(11-3)7-5-8;1-2-6-3-7(9)5-8(10)4-6;1-11-8-4-2-7(3-5-8)9-6-10;1-5-2-6(8)4-7(9)3-5/h1-3,5-6H,4H2,(H2,11,14)(H,12,15);4-7H,1-3H3;3-5H,2H2,1H3;2-6H,1H3,(H,9,10);2-4H,1H3. The lowest BCUT2D eigenvalue weighted by Gasteiger charge is -2.11. The Kier molecular flexibility index (Phi) is 22.1. The van der Waals surface area contributed by atoms with E-state index in [-0.39, 0.29) is 12.1 Å². The highest BCUT2D eigenvalue weighted by molar-refractivity contribution is 5.99. The molecule has 0 unspecified atom stereocenters. The van der Waals surface area contributed by atoms with Crippen molar-refractivity contribution in [2.45, 2.75) is 20.3 Å². The number of benzene rings is 5. The highest BCUT2D eigenvalue weighted by atomic mass is 19.1. The predicted molar refractivity (Wildman–Crippen MR) is 210 cm³/mol. The number of carbonyl (C=O) groups excluding carboxylic acids is 4. The number of nitrogens with one attached hydrogen (secondary N) is 2. The van der Waals surface area contributed by atoms with Crippen LogP contribution in [0.3, 0.4) is 0 Å². The molecule has 0 aliphatic heterocycles. The van der Waals surface area contributed by atoms with Crippen LogP contribution in [0.25, 0.3) is 0 Å². The van der Waals surface area contributed by atoms with E-state index in [1.807, 2.05) is 45.3 Å². The second-order valence-corrected chi connectivity index (χ2v) is 11.5. The van der Waals surface area contributed by atoms with Crippen molar-refractivity contribution in [3.05, 3.63) is 155 Å². The fourth-order valence-corrected chi connectivity index (χ4v) is 4.19. The highest BCUT2D eigenvalue weighted by Crippen LogP contribution is 2.17. The van der Waals surface area contributed by atoms with E-state index in [0.29, 0.717) is 35.8 Å². The molecular formula is C42H46F4N4O6. The van der Waals surface area contributed by atoms with Crippen molar-refractivity contribution < 1.29 is 46.2 Å². The van der Waals surface area contributed by atoms with Gasteiger partial charge in [0.1, 0.15) is 41.1 Å². The fourth-order valence-electron chi connectivity index (χ4n) is 4.19. The summed E-state index contributed by atoms with van der Waals surface area (Å²) in [4.78, 5) is 44.2. The van der Waals surface area contributed by atoms with Gasteiger partial charge in [0.05, 0.1) is 20.8 Å². The predicted octanol–water partition coefficient (Wildman–Crippen LogP) is 7.54. The van der Waals surface area contributed by atoms with E-state index in [0.717, 1.165) is 29.3 Å². The molecule has 14 heteroatoms. The maximum absolute atomic E-state index is 12.4. The van der Waals surface area contributed by atoms with Gasteiger partial charge in [0.2, 0.25) is 12.3 Å². The molecule has 4 N–H and O–H groups in total. The number of aryl methyl sites for hydroxylation is 2. The summed E-state index contributed by atoms with van der Waals surface area (Å²) in [6.07, 6.45) is 1.88. The van der Waals surface area contributed by atoms with Gasteiger partial charge in [0.25, 0.3) is 5.91 Å². The third-order valence-corrected chi connectivity index (χ3v) is 7.00. The van der Waals surface area contributed by atoms with E-state index in [9.17, 15) is 36.7 Å². The Morgan fingerprint density at radius 2 is 1.20 bits per heavy atom. The summed E-state index contributed by atoms with van der Waals surface area (Å²) < 4.78 is 59.1. The first-order chi connectivity index (χ1) is 26.6. The van der Waals surface area contributed by atoms with Crippen LogP contribution in [-0.2, 0) is 16.0 Å². The van der Waals surface area contributed by atoms with Crippen LogP contribution in [0.5, 0.6) is 11.5 Å². The first-order valence-corrected chi connectivity index (χ1v) is 16.8. The van der Waals surface area contributed by atoms with Crippen molar-refractivity contribution in [1.29, 1.82) is 0 Å². The first kappa shape index (κ1) is 47.3. The zero-order chi connectivity index (χ0) is 42.0. The molecule has 0 aromatic heterocycles. The Balaban J connectivity index is 0.000000354. The minimum Gasteiger partial charge on any atom is -0.497 e. The summed E-state index contributed by atoms with van der Waals surface area (Å²) in [5.41, 5.74) is 8.86. The van der Waals surface area contributed by atoms with Crippen molar-refractivity contribution in [2.24, 2.45) is 5.73 Å². The Morgan fingerprint density at radius 1 is 0.714 bits per heavy atom. The average Bonchev–Trinajstić information content (AvgIpc) is 3.17. The molecule has 0 bridgehead atoms. The number of rotatable bonds is 10. The lowest BCUT2D eigenvalue weighted by molar-refractivity contribution is -0.107. The van der Waals surface area contributed by atoms with Gasteiger partial charge in [-0.15, -0.1) is 0 Å². The summed E-state index contributed by atoms with van der Waals surface area (Å²) in [5, 5.41) is 4.88. The summed E-state index contributed by atoms with van der Waals surface area (Å²) in [6, 6.07) is 28.0. The lowest BCUT2D eigenvalue weighted by Crippen LogP contribution is -2.25. The van der Waals surface area contributed by atoms with Crippen LogP contribution in [0.1, 0.15) is 38.8 Å². The number of hydrogen-bond acceptors (Lipinski definition) is 7. The van der Waals surface area contributed by atoms with Gasteiger partial charge in [-0.05, 0) is 115 Å². The van der Waals surface area contributed by atoms with Crippen LogP contribution < -0.4 is 30.7 Å². The number of amides is 3. The third-order valence-electron chi connectivity index (χ3n) is 7.00. The van der Waals surface area contributed by atoms with Gasteiger partial charge >= 0.3 is 0 Å². The topological polar surface area (TPSA) is 140 Å². The number of nitrogens with two attached hydrogens (primary N) is 1. The summed E-state index contributed by atoms with van der Waals surface area (Å²) in [7, 11) is 7.30. The number of anilines is 2. The molecule has 0 aliphatic carbocycles. The van der Waals surface area contributed by atoms with Crippen LogP contribution >= 0.6 is 0 Å². The molecule has 56 heavy (non-hydrogen) atoms. The van der Waals surface area contributed by atoms with E-state index in [4.69, 9.17) is 15.2 Å². The van der Waals surface area contributed by atoms with Crippen molar-refractivity contribution in [3.63, 3.8) is 0 Å². The zero-order valence-corrected chi connectivity index (χ0v) is 31.9. The van der Waals surface area contributed by atoms with Gasteiger partial charge < -0.3 is 35.5 Å². The van der Waals surface area contributed by atoms with E-state index < -0.39 is 35.1 Å². The number of nitrogens with zero attached hydrogens (tertiary/aromatic N) is 1. The summed E-state index contributed by atoms with van der Waals surface area (Å²) in [5.74, 6) is -1.38. The average molecular weight is 779 g/mol. The second-order valence-electron chi connectivity index (χ2n) is 11.5. The summed E-state index contributed by atoms with van der Waals surface area (Å²) >= 11 is 0. The second kappa shape index (κ2) is 26.1. The van der Waals surface area contributed by atoms with Crippen LogP contribution in [-0.4, -0.2) is 59.4 Å². The number of ether oxygens (including phenoxy) is 2. The van der Waals surface area contributed by atoms with Gasteiger partial charge in [0.15, 0.2) is 0 Å². The molecule has 3 amide bonds. The molecule has 0 aliphatic rings. The van der Waals surface area contributed by atoms with Gasteiger partial charge in [0, 0.05) is 48.7 Å². The van der Waals surface area contributed by atoms with Crippen molar-refractivity contribution >= 4 is 35.9 Å². The summed E-state index contributed by atoms with van der Waals surface area (Å²) in [6.45, 7) is 3.44. The Hall–Kier alpha value is -6.70. The molecular weight excluding hydrogens is 732 g/mol. The van der Waals surface area contributed by atoms with Crippen molar-refractivity contribution in [3.8, 4) is 11.5 Å². The Bertz CT molecular complexity index is 1890. The van der Waals surface area contributed by atoms with Crippen LogP contribution in [0.2, 0.25) is 0 Å². The molecule has 0 heterocycles.